The van der Waals surface area contributed by atoms with Gasteiger partial charge in [-0.3, -0.25) is 0 Å². The molecule has 174 valence electrons. The van der Waals surface area contributed by atoms with Gasteiger partial charge < -0.3 is 0 Å². The SMILES string of the molecule is N#C/N=c1\c2cc(-c3ccccc3)ccc2c2cc3/c(=N/C#N)c4cc(-c5ccccc5)ccc4c3cc12. The molecule has 0 N–H and O–H groups in total. The van der Waals surface area contributed by atoms with Gasteiger partial charge in [-0.05, 0) is 68.1 Å². The van der Waals surface area contributed by atoms with Crippen molar-refractivity contribution in [3.05, 3.63) is 120 Å². The molecule has 0 amide bonds. The van der Waals surface area contributed by atoms with E-state index in [1.807, 2.05) is 48.8 Å². The van der Waals surface area contributed by atoms with Crippen LogP contribution in [0.3, 0.4) is 0 Å². The second-order valence-corrected chi connectivity index (χ2v) is 9.32. The Hall–Kier alpha value is -5.58. The first-order valence-electron chi connectivity index (χ1n) is 12.3. The summed E-state index contributed by atoms with van der Waals surface area (Å²) in [6, 6.07) is 37.2. The number of benzene rings is 5. The lowest BCUT2D eigenvalue weighted by atomic mass is 10.0. The standard InChI is InChI=1S/C34H18N4/c35-19-37-33-29-15-23(21-7-3-1-4-8-21)11-13-25(29)27-17-32-28(18-31(27)33)26-14-12-24(22-9-5-2-6-10-22)16-30(26)34(32)38-20-36/h1-18H/b37-33+,38-34+. The van der Waals surface area contributed by atoms with E-state index >= 15 is 0 Å². The zero-order valence-corrected chi connectivity index (χ0v) is 20.2. The number of nitrogens with zero attached hydrogens (tertiary/aromatic N) is 4. The molecule has 7 aromatic carbocycles. The molecule has 7 rings (SSSR count). The zero-order valence-electron chi connectivity index (χ0n) is 20.2. The predicted octanol–water partition coefficient (Wildman–Crippen LogP) is 7.27. The lowest BCUT2D eigenvalue weighted by molar-refractivity contribution is 1.37. The molecule has 0 atom stereocenters. The molecule has 0 aliphatic rings. The summed E-state index contributed by atoms with van der Waals surface area (Å²) in [5.41, 5.74) is 4.36. The molecule has 7 aromatic rings. The van der Waals surface area contributed by atoms with E-state index in [1.165, 1.54) is 0 Å². The van der Waals surface area contributed by atoms with Gasteiger partial charge in [0.15, 0.2) is 0 Å². The summed E-state index contributed by atoms with van der Waals surface area (Å²) in [7, 11) is 0. The number of hydrogen-bond acceptors (Lipinski definition) is 4. The monoisotopic (exact) mass is 482 g/mol. The Labute approximate surface area is 218 Å². The van der Waals surface area contributed by atoms with Crippen molar-refractivity contribution >= 4 is 43.1 Å². The average molecular weight is 483 g/mol. The molecule has 0 heterocycles. The third kappa shape index (κ3) is 3.22. The Bertz CT molecular complexity index is 2070. The molecule has 0 aliphatic carbocycles. The van der Waals surface area contributed by atoms with Crippen LogP contribution in [-0.4, -0.2) is 0 Å². The van der Waals surface area contributed by atoms with Crippen molar-refractivity contribution in [2.24, 2.45) is 9.98 Å². The van der Waals surface area contributed by atoms with Crippen LogP contribution in [0.1, 0.15) is 0 Å². The summed E-state index contributed by atoms with van der Waals surface area (Å²) < 4.78 is 0. The van der Waals surface area contributed by atoms with Crippen molar-refractivity contribution in [3.8, 4) is 34.6 Å². The smallest absolute Gasteiger partial charge is 0.172 e. The van der Waals surface area contributed by atoms with Crippen molar-refractivity contribution in [3.63, 3.8) is 0 Å². The summed E-state index contributed by atoms with van der Waals surface area (Å²) in [4.78, 5) is 8.54. The van der Waals surface area contributed by atoms with E-state index in [0.717, 1.165) is 65.3 Å². The maximum atomic E-state index is 9.57. The molecular weight excluding hydrogens is 464 g/mol. The van der Waals surface area contributed by atoms with Crippen LogP contribution >= 0.6 is 0 Å². The van der Waals surface area contributed by atoms with Gasteiger partial charge in [-0.15, -0.1) is 0 Å². The number of nitriles is 2. The third-order valence-electron chi connectivity index (χ3n) is 7.34. The molecule has 0 spiro atoms. The average Bonchev–Trinajstić information content (AvgIpc) is 3.44. The van der Waals surface area contributed by atoms with E-state index < -0.39 is 0 Å². The van der Waals surface area contributed by atoms with Gasteiger partial charge in [0.05, 0.1) is 10.7 Å². The lowest BCUT2D eigenvalue weighted by Crippen LogP contribution is -1.99. The van der Waals surface area contributed by atoms with Gasteiger partial charge in [0.25, 0.3) is 0 Å². The molecule has 4 heteroatoms. The number of hydrogen-bond donors (Lipinski definition) is 0. The van der Waals surface area contributed by atoms with Gasteiger partial charge in [0.2, 0.25) is 12.4 Å². The van der Waals surface area contributed by atoms with Gasteiger partial charge in [-0.25, -0.2) is 0 Å². The van der Waals surface area contributed by atoms with Crippen molar-refractivity contribution < 1.29 is 0 Å². The Morgan fingerprint density at radius 1 is 0.368 bits per heavy atom. The summed E-state index contributed by atoms with van der Waals surface area (Å²) >= 11 is 0. The van der Waals surface area contributed by atoms with Crippen LogP contribution in [0.15, 0.2) is 119 Å². The topological polar surface area (TPSA) is 72.3 Å². The van der Waals surface area contributed by atoms with E-state index in [-0.39, 0.29) is 0 Å². The van der Waals surface area contributed by atoms with E-state index in [2.05, 4.69) is 82.8 Å². The summed E-state index contributed by atoms with van der Waals surface area (Å²) in [6.45, 7) is 0. The quantitative estimate of drug-likeness (QED) is 0.243. The first-order chi connectivity index (χ1) is 18.8. The fourth-order valence-electron chi connectivity index (χ4n) is 5.64. The predicted molar refractivity (Wildman–Crippen MR) is 152 cm³/mol. The minimum Gasteiger partial charge on any atom is -0.172 e. The first kappa shape index (κ1) is 21.7. The lowest BCUT2D eigenvalue weighted by Gasteiger charge is -2.02. The Morgan fingerprint density at radius 3 is 1.16 bits per heavy atom. The highest BCUT2D eigenvalue weighted by Gasteiger charge is 2.16. The van der Waals surface area contributed by atoms with Gasteiger partial charge in [-0.2, -0.15) is 20.5 Å². The molecular formula is C34H18N4. The fraction of sp³-hybridized carbons (Fsp3) is 0. The fourth-order valence-corrected chi connectivity index (χ4v) is 5.64. The van der Waals surface area contributed by atoms with E-state index in [9.17, 15) is 10.5 Å². The molecule has 0 radical (unpaired) electrons. The van der Waals surface area contributed by atoms with Gasteiger partial charge in [0, 0.05) is 21.5 Å². The van der Waals surface area contributed by atoms with Crippen LogP contribution in [0.5, 0.6) is 0 Å². The van der Waals surface area contributed by atoms with Crippen LogP contribution in [0.4, 0.5) is 0 Å². The number of rotatable bonds is 2. The van der Waals surface area contributed by atoms with E-state index in [0.29, 0.717) is 10.7 Å². The van der Waals surface area contributed by atoms with Crippen LogP contribution in [0, 0.1) is 22.9 Å². The maximum absolute atomic E-state index is 9.57. The normalized spacial score (nSPS) is 12.5. The van der Waals surface area contributed by atoms with Crippen molar-refractivity contribution in [1.82, 2.24) is 0 Å². The highest BCUT2D eigenvalue weighted by atomic mass is 14.7. The third-order valence-corrected chi connectivity index (χ3v) is 7.34. The van der Waals surface area contributed by atoms with Gasteiger partial charge >= 0.3 is 0 Å². The summed E-state index contributed by atoms with van der Waals surface area (Å²) in [6.07, 6.45) is 4.03. The highest BCUT2D eigenvalue weighted by Crippen LogP contribution is 2.35. The second kappa shape index (κ2) is 8.52. The maximum Gasteiger partial charge on any atom is 0.206 e. The van der Waals surface area contributed by atoms with Crippen molar-refractivity contribution in [2.45, 2.75) is 0 Å². The molecule has 0 unspecified atom stereocenters. The first-order valence-corrected chi connectivity index (χ1v) is 12.3. The highest BCUT2D eigenvalue weighted by molar-refractivity contribution is 6.21. The summed E-state index contributed by atoms with van der Waals surface area (Å²) in [5.74, 6) is 0. The zero-order chi connectivity index (χ0) is 25.6. The Kier molecular flexibility index (Phi) is 4.86. The molecule has 4 nitrogen and oxygen atoms in total. The second-order valence-electron chi connectivity index (χ2n) is 9.32. The van der Waals surface area contributed by atoms with Crippen molar-refractivity contribution in [2.75, 3.05) is 0 Å². The largest absolute Gasteiger partial charge is 0.206 e. The van der Waals surface area contributed by atoms with E-state index in [4.69, 9.17) is 0 Å². The molecule has 0 aromatic heterocycles. The molecule has 0 saturated carbocycles. The van der Waals surface area contributed by atoms with Gasteiger partial charge in [0.1, 0.15) is 0 Å². The van der Waals surface area contributed by atoms with Crippen molar-refractivity contribution in [1.29, 1.82) is 10.5 Å². The Balaban J connectivity index is 1.58. The summed E-state index contributed by atoms with van der Waals surface area (Å²) in [5, 5.41) is 28.2. The molecule has 0 fully saturated rings. The minimum absolute atomic E-state index is 0.672. The number of fused-ring (bicyclic) bond motifs is 6. The van der Waals surface area contributed by atoms with Crippen LogP contribution < -0.4 is 10.7 Å². The molecule has 0 saturated heterocycles. The Morgan fingerprint density at radius 2 is 0.763 bits per heavy atom. The molecule has 0 aliphatic heterocycles. The van der Waals surface area contributed by atoms with E-state index in [1.54, 1.807) is 0 Å². The van der Waals surface area contributed by atoms with Gasteiger partial charge in [-0.1, -0.05) is 84.9 Å². The van der Waals surface area contributed by atoms with Crippen LogP contribution in [0.25, 0.3) is 65.3 Å². The minimum atomic E-state index is 0.672. The van der Waals surface area contributed by atoms with Crippen LogP contribution in [0.2, 0.25) is 0 Å². The molecule has 38 heavy (non-hydrogen) atoms. The molecule has 0 bridgehead atoms. The van der Waals surface area contributed by atoms with Crippen LogP contribution in [-0.2, 0) is 0 Å².